The van der Waals surface area contributed by atoms with Crippen LogP contribution in [0.4, 0.5) is 4.79 Å². The predicted octanol–water partition coefficient (Wildman–Crippen LogP) is 0.902. The number of hydrogen-bond acceptors (Lipinski definition) is 3. The van der Waals surface area contributed by atoms with Gasteiger partial charge in [0.1, 0.15) is 0 Å². The molecule has 2 amide bonds. The van der Waals surface area contributed by atoms with E-state index in [1.165, 1.54) is 14.2 Å². The van der Waals surface area contributed by atoms with E-state index < -0.39 is 5.97 Å². The van der Waals surface area contributed by atoms with E-state index in [2.05, 4.69) is 15.4 Å². The number of esters is 1. The SMILES string of the molecule is CNC(=O)NCc1ccccc1C(=O)OC. The third kappa shape index (κ3) is 2.98. The molecule has 0 aliphatic heterocycles. The third-order valence-corrected chi connectivity index (χ3v) is 2.09. The topological polar surface area (TPSA) is 67.4 Å². The van der Waals surface area contributed by atoms with Gasteiger partial charge in [0, 0.05) is 13.6 Å². The van der Waals surface area contributed by atoms with Crippen molar-refractivity contribution >= 4 is 12.0 Å². The Labute approximate surface area is 93.8 Å². The lowest BCUT2D eigenvalue weighted by Gasteiger charge is -2.08. The summed E-state index contributed by atoms with van der Waals surface area (Å²) in [5, 5.41) is 5.04. The first-order valence-electron chi connectivity index (χ1n) is 4.81. The number of ether oxygens (including phenoxy) is 1. The molecule has 5 nitrogen and oxygen atoms in total. The van der Waals surface area contributed by atoms with E-state index in [9.17, 15) is 9.59 Å². The molecule has 16 heavy (non-hydrogen) atoms. The molecule has 0 saturated carbocycles. The fraction of sp³-hybridized carbons (Fsp3) is 0.273. The summed E-state index contributed by atoms with van der Waals surface area (Å²) in [6.45, 7) is 0.283. The molecule has 1 aromatic rings. The third-order valence-electron chi connectivity index (χ3n) is 2.09. The molecule has 86 valence electrons. The molecular formula is C11H14N2O3. The molecule has 0 bridgehead atoms. The number of benzene rings is 1. The molecule has 0 unspecified atom stereocenters. The van der Waals surface area contributed by atoms with Crippen LogP contribution >= 0.6 is 0 Å². The fourth-order valence-corrected chi connectivity index (χ4v) is 1.25. The van der Waals surface area contributed by atoms with Gasteiger partial charge in [-0.15, -0.1) is 0 Å². The van der Waals surface area contributed by atoms with Gasteiger partial charge in [0.25, 0.3) is 0 Å². The van der Waals surface area contributed by atoms with Gasteiger partial charge in [0.2, 0.25) is 0 Å². The number of amides is 2. The number of urea groups is 1. The molecule has 0 spiro atoms. The van der Waals surface area contributed by atoms with Crippen molar-refractivity contribution in [1.29, 1.82) is 0 Å². The van der Waals surface area contributed by atoms with E-state index in [-0.39, 0.29) is 12.6 Å². The highest BCUT2D eigenvalue weighted by molar-refractivity contribution is 5.91. The maximum absolute atomic E-state index is 11.4. The molecule has 5 heteroatoms. The molecule has 0 aliphatic rings. The van der Waals surface area contributed by atoms with Gasteiger partial charge in [-0.25, -0.2) is 9.59 Å². The fourth-order valence-electron chi connectivity index (χ4n) is 1.25. The highest BCUT2D eigenvalue weighted by Crippen LogP contribution is 2.09. The minimum absolute atomic E-state index is 0.283. The number of methoxy groups -OCH3 is 1. The number of rotatable bonds is 3. The zero-order valence-corrected chi connectivity index (χ0v) is 9.24. The van der Waals surface area contributed by atoms with Gasteiger partial charge < -0.3 is 15.4 Å². The van der Waals surface area contributed by atoms with Gasteiger partial charge in [-0.2, -0.15) is 0 Å². The largest absolute Gasteiger partial charge is 0.465 e. The average Bonchev–Trinajstić information content (AvgIpc) is 2.35. The number of carbonyl (C=O) groups is 2. The molecule has 1 aromatic carbocycles. The zero-order valence-electron chi connectivity index (χ0n) is 9.24. The Morgan fingerprint density at radius 2 is 2.00 bits per heavy atom. The molecule has 0 fully saturated rings. The second kappa shape index (κ2) is 5.75. The lowest BCUT2D eigenvalue weighted by atomic mass is 10.1. The van der Waals surface area contributed by atoms with E-state index in [1.807, 2.05) is 0 Å². The standard InChI is InChI=1S/C11H14N2O3/c1-12-11(15)13-7-8-5-3-4-6-9(8)10(14)16-2/h3-6H,7H2,1-2H3,(H2,12,13,15). The van der Waals surface area contributed by atoms with Gasteiger partial charge >= 0.3 is 12.0 Å². The second-order valence-corrected chi connectivity index (χ2v) is 3.08. The molecule has 0 heterocycles. The minimum Gasteiger partial charge on any atom is -0.465 e. The number of carbonyl (C=O) groups excluding carboxylic acids is 2. The van der Waals surface area contributed by atoms with E-state index in [4.69, 9.17) is 0 Å². The number of hydrogen-bond donors (Lipinski definition) is 2. The summed E-state index contributed by atoms with van der Waals surface area (Å²) < 4.78 is 4.64. The Morgan fingerprint density at radius 1 is 1.31 bits per heavy atom. The van der Waals surface area contributed by atoms with Gasteiger partial charge in [0.15, 0.2) is 0 Å². The summed E-state index contributed by atoms with van der Waals surface area (Å²) >= 11 is 0. The van der Waals surface area contributed by atoms with Crippen molar-refractivity contribution in [3.8, 4) is 0 Å². The van der Waals surface area contributed by atoms with Crippen molar-refractivity contribution in [2.45, 2.75) is 6.54 Å². The van der Waals surface area contributed by atoms with Crippen LogP contribution in [0.15, 0.2) is 24.3 Å². The summed E-state index contributed by atoms with van der Waals surface area (Å²) in [5.74, 6) is -0.408. The van der Waals surface area contributed by atoms with Gasteiger partial charge in [-0.05, 0) is 11.6 Å². The molecule has 0 saturated heterocycles. The van der Waals surface area contributed by atoms with E-state index in [0.717, 1.165) is 5.56 Å². The van der Waals surface area contributed by atoms with Crippen molar-refractivity contribution in [1.82, 2.24) is 10.6 Å². The predicted molar refractivity (Wildman–Crippen MR) is 59.1 cm³/mol. The van der Waals surface area contributed by atoms with Crippen molar-refractivity contribution in [3.63, 3.8) is 0 Å². The van der Waals surface area contributed by atoms with Crippen LogP contribution in [0.3, 0.4) is 0 Å². The van der Waals surface area contributed by atoms with Gasteiger partial charge in [-0.1, -0.05) is 18.2 Å². The quantitative estimate of drug-likeness (QED) is 0.747. The monoisotopic (exact) mass is 222 g/mol. The van der Waals surface area contributed by atoms with Crippen LogP contribution in [0.5, 0.6) is 0 Å². The van der Waals surface area contributed by atoms with Crippen LogP contribution in [0.25, 0.3) is 0 Å². The molecule has 0 aliphatic carbocycles. The molecule has 0 aromatic heterocycles. The molecule has 0 atom stereocenters. The van der Waals surface area contributed by atoms with Crippen LogP contribution in [0.1, 0.15) is 15.9 Å². The van der Waals surface area contributed by atoms with Crippen molar-refractivity contribution < 1.29 is 14.3 Å². The second-order valence-electron chi connectivity index (χ2n) is 3.08. The Morgan fingerprint density at radius 3 is 2.62 bits per heavy atom. The maximum Gasteiger partial charge on any atom is 0.338 e. The minimum atomic E-state index is -0.408. The summed E-state index contributed by atoms with van der Waals surface area (Å²) in [6, 6.07) is 6.68. The first kappa shape index (κ1) is 12.0. The number of nitrogens with one attached hydrogen (secondary N) is 2. The van der Waals surface area contributed by atoms with E-state index in [0.29, 0.717) is 5.56 Å². The van der Waals surface area contributed by atoms with Crippen LogP contribution < -0.4 is 10.6 Å². The van der Waals surface area contributed by atoms with Crippen molar-refractivity contribution in [2.24, 2.45) is 0 Å². The Kier molecular flexibility index (Phi) is 4.32. The van der Waals surface area contributed by atoms with E-state index in [1.54, 1.807) is 24.3 Å². The lowest BCUT2D eigenvalue weighted by molar-refractivity contribution is 0.0599. The summed E-state index contributed by atoms with van der Waals surface area (Å²) in [6.07, 6.45) is 0. The van der Waals surface area contributed by atoms with Gasteiger partial charge in [-0.3, -0.25) is 0 Å². The van der Waals surface area contributed by atoms with Crippen LogP contribution in [-0.4, -0.2) is 26.2 Å². The molecular weight excluding hydrogens is 208 g/mol. The maximum atomic E-state index is 11.4. The normalized spacial score (nSPS) is 9.38. The Balaban J connectivity index is 2.79. The molecule has 0 radical (unpaired) electrons. The highest BCUT2D eigenvalue weighted by Gasteiger charge is 2.10. The van der Waals surface area contributed by atoms with Crippen molar-refractivity contribution in [3.05, 3.63) is 35.4 Å². The molecule has 1 rings (SSSR count). The van der Waals surface area contributed by atoms with Crippen LogP contribution in [-0.2, 0) is 11.3 Å². The summed E-state index contributed by atoms with van der Waals surface area (Å²) in [4.78, 5) is 22.4. The van der Waals surface area contributed by atoms with E-state index >= 15 is 0 Å². The highest BCUT2D eigenvalue weighted by atomic mass is 16.5. The molecule has 2 N–H and O–H groups in total. The summed E-state index contributed by atoms with van der Waals surface area (Å²) in [7, 11) is 2.85. The first-order chi connectivity index (χ1) is 7.69. The smallest absolute Gasteiger partial charge is 0.338 e. The lowest BCUT2D eigenvalue weighted by Crippen LogP contribution is -2.32. The zero-order chi connectivity index (χ0) is 12.0. The Bertz CT molecular complexity index is 391. The van der Waals surface area contributed by atoms with Crippen LogP contribution in [0.2, 0.25) is 0 Å². The first-order valence-corrected chi connectivity index (χ1v) is 4.81. The van der Waals surface area contributed by atoms with Crippen molar-refractivity contribution in [2.75, 3.05) is 14.2 Å². The average molecular weight is 222 g/mol. The summed E-state index contributed by atoms with van der Waals surface area (Å²) in [5.41, 5.74) is 1.18. The van der Waals surface area contributed by atoms with Crippen LogP contribution in [0, 0.1) is 0 Å². The van der Waals surface area contributed by atoms with Gasteiger partial charge in [0.05, 0.1) is 12.7 Å². The Hall–Kier alpha value is -2.04.